The second-order valence-corrected chi connectivity index (χ2v) is 8.03. The van der Waals surface area contributed by atoms with Crippen molar-refractivity contribution < 1.29 is 14.0 Å². The maximum Gasteiger partial charge on any atom is 0.261 e. The number of fused-ring (bicyclic) bond motifs is 2. The number of rotatable bonds is 4. The number of thioether (sulfide) groups is 1. The van der Waals surface area contributed by atoms with Crippen LogP contribution in [0.25, 0.3) is 0 Å². The second-order valence-electron chi connectivity index (χ2n) is 6.92. The molecule has 1 aliphatic carbocycles. The number of amides is 2. The fraction of sp³-hybridized carbons (Fsp3) is 0.400. The minimum Gasteiger partial charge on any atom is -0.326 e. The van der Waals surface area contributed by atoms with Crippen LogP contribution in [-0.4, -0.2) is 22.7 Å². The van der Waals surface area contributed by atoms with Crippen LogP contribution in [0.2, 0.25) is 0 Å². The van der Waals surface area contributed by atoms with Gasteiger partial charge < -0.3 is 5.32 Å². The van der Waals surface area contributed by atoms with Crippen LogP contribution in [0.1, 0.15) is 44.9 Å². The van der Waals surface area contributed by atoms with E-state index in [9.17, 15) is 14.0 Å². The van der Waals surface area contributed by atoms with E-state index in [2.05, 4.69) is 15.3 Å². The van der Waals surface area contributed by atoms with E-state index in [0.717, 1.165) is 30.7 Å². The molecule has 2 aliphatic heterocycles. The zero-order valence-electron chi connectivity index (χ0n) is 14.8. The Kier molecular flexibility index (Phi) is 5.20. The maximum absolute atomic E-state index is 13.2. The fourth-order valence-corrected chi connectivity index (χ4v) is 5.01. The van der Waals surface area contributed by atoms with Crippen molar-refractivity contribution >= 4 is 40.1 Å². The van der Waals surface area contributed by atoms with Crippen molar-refractivity contribution in [2.45, 2.75) is 44.9 Å². The summed E-state index contributed by atoms with van der Waals surface area (Å²) >= 11 is 1.62. The number of aliphatic imine (C=N–C) groups is 2. The van der Waals surface area contributed by atoms with Gasteiger partial charge in [0.25, 0.3) is 5.91 Å². The summed E-state index contributed by atoms with van der Waals surface area (Å²) in [6.45, 7) is 0. The van der Waals surface area contributed by atoms with Crippen molar-refractivity contribution in [3.05, 3.63) is 40.6 Å². The van der Waals surface area contributed by atoms with Gasteiger partial charge in [-0.15, -0.1) is 0 Å². The Hall–Kier alpha value is -2.28. The molecule has 0 spiro atoms. The van der Waals surface area contributed by atoms with E-state index in [1.165, 1.54) is 35.1 Å². The first kappa shape index (κ1) is 18.1. The van der Waals surface area contributed by atoms with Crippen LogP contribution in [0.4, 0.5) is 10.1 Å². The van der Waals surface area contributed by atoms with E-state index in [-0.39, 0.29) is 30.6 Å². The Morgan fingerprint density at radius 2 is 2.07 bits per heavy atom. The molecular formula is C20H20FN3O2S. The summed E-state index contributed by atoms with van der Waals surface area (Å²) < 4.78 is 13.2. The molecule has 0 radical (unpaired) electrons. The summed E-state index contributed by atoms with van der Waals surface area (Å²) in [5, 5.41) is 3.47. The van der Waals surface area contributed by atoms with Crippen LogP contribution in [0, 0.1) is 11.7 Å². The number of carbonyl (C=O) groups excluding carboxylic acids is 2. The Labute approximate surface area is 161 Å². The van der Waals surface area contributed by atoms with Crippen molar-refractivity contribution in [2.24, 2.45) is 15.9 Å². The Morgan fingerprint density at radius 1 is 1.22 bits per heavy atom. The van der Waals surface area contributed by atoms with E-state index in [1.54, 1.807) is 17.8 Å². The Morgan fingerprint density at radius 3 is 2.93 bits per heavy atom. The lowest BCUT2D eigenvalue weighted by molar-refractivity contribution is -0.119. The van der Waals surface area contributed by atoms with Crippen LogP contribution in [-0.2, 0) is 9.59 Å². The highest BCUT2D eigenvalue weighted by molar-refractivity contribution is 8.17. The largest absolute Gasteiger partial charge is 0.326 e. The van der Waals surface area contributed by atoms with Gasteiger partial charge in [-0.3, -0.25) is 9.59 Å². The molecule has 1 unspecified atom stereocenters. The van der Waals surface area contributed by atoms with Gasteiger partial charge in [0.15, 0.2) is 0 Å². The van der Waals surface area contributed by atoms with E-state index in [4.69, 9.17) is 0 Å². The predicted octanol–water partition coefficient (Wildman–Crippen LogP) is 4.46. The molecule has 4 rings (SSSR count). The monoisotopic (exact) mass is 385 g/mol. The molecule has 0 bridgehead atoms. The van der Waals surface area contributed by atoms with Crippen LogP contribution >= 0.6 is 11.8 Å². The molecule has 1 N–H and O–H groups in total. The van der Waals surface area contributed by atoms with E-state index >= 15 is 0 Å². The number of nitrogens with zero attached hydrogens (tertiary/aromatic N) is 2. The third kappa shape index (κ3) is 4.03. The number of halogens is 1. The third-order valence-corrected chi connectivity index (χ3v) is 6.19. The zero-order chi connectivity index (χ0) is 18.8. The van der Waals surface area contributed by atoms with Crippen molar-refractivity contribution in [1.29, 1.82) is 0 Å². The lowest BCUT2D eigenvalue weighted by Crippen LogP contribution is -2.26. The fourth-order valence-electron chi connectivity index (χ4n) is 3.65. The van der Waals surface area contributed by atoms with Crippen molar-refractivity contribution in [1.82, 2.24) is 0 Å². The molecule has 2 heterocycles. The highest BCUT2D eigenvalue weighted by Gasteiger charge is 2.39. The molecule has 1 atom stereocenters. The summed E-state index contributed by atoms with van der Waals surface area (Å²) in [4.78, 5) is 34.7. The van der Waals surface area contributed by atoms with Gasteiger partial charge in [0, 0.05) is 18.5 Å². The molecule has 0 saturated heterocycles. The zero-order valence-corrected chi connectivity index (χ0v) is 15.7. The predicted molar refractivity (Wildman–Crippen MR) is 105 cm³/mol. The van der Waals surface area contributed by atoms with Gasteiger partial charge in [-0.1, -0.05) is 24.2 Å². The number of nitrogens with one attached hydrogen (secondary N) is 1. The van der Waals surface area contributed by atoms with Crippen molar-refractivity contribution in [3.63, 3.8) is 0 Å². The van der Waals surface area contributed by atoms with Crippen molar-refractivity contribution in [3.8, 4) is 0 Å². The molecule has 7 heteroatoms. The smallest absolute Gasteiger partial charge is 0.261 e. The molecule has 0 saturated carbocycles. The topological polar surface area (TPSA) is 70.9 Å². The molecule has 5 nitrogen and oxygen atoms in total. The van der Waals surface area contributed by atoms with E-state index in [1.807, 2.05) is 0 Å². The molecule has 140 valence electrons. The lowest BCUT2D eigenvalue weighted by atomic mass is 9.94. The summed E-state index contributed by atoms with van der Waals surface area (Å²) in [6, 6.07) is 5.74. The number of anilines is 1. The summed E-state index contributed by atoms with van der Waals surface area (Å²) in [5.41, 5.74) is 1.63. The SMILES string of the molecule is O=C(CCC1=NC(=O)C2C(=N1)SC1=C2CCCCC1)Nc1cccc(F)c1. The molecule has 1 aromatic carbocycles. The van der Waals surface area contributed by atoms with Gasteiger partial charge >= 0.3 is 0 Å². The average molecular weight is 385 g/mol. The molecule has 27 heavy (non-hydrogen) atoms. The highest BCUT2D eigenvalue weighted by Crippen LogP contribution is 2.46. The van der Waals surface area contributed by atoms with Crippen LogP contribution < -0.4 is 5.32 Å². The van der Waals surface area contributed by atoms with Crippen LogP contribution in [0.15, 0.2) is 44.7 Å². The quantitative estimate of drug-likeness (QED) is 0.832. The summed E-state index contributed by atoms with van der Waals surface area (Å²) in [6.07, 6.45) is 5.89. The number of allylic oxidation sites excluding steroid dienone is 1. The number of hydrogen-bond donors (Lipinski definition) is 1. The number of benzene rings is 1. The van der Waals surface area contributed by atoms with Gasteiger partial charge in [0.1, 0.15) is 17.6 Å². The van der Waals surface area contributed by atoms with Crippen LogP contribution in [0.5, 0.6) is 0 Å². The number of hydrogen-bond acceptors (Lipinski definition) is 4. The molecule has 0 fully saturated rings. The van der Waals surface area contributed by atoms with Gasteiger partial charge in [0.05, 0.1) is 5.04 Å². The summed E-state index contributed by atoms with van der Waals surface area (Å²) in [7, 11) is 0. The number of carbonyl (C=O) groups is 2. The maximum atomic E-state index is 13.2. The van der Waals surface area contributed by atoms with E-state index < -0.39 is 5.82 Å². The summed E-state index contributed by atoms with van der Waals surface area (Å²) in [5.74, 6) is -0.692. The second kappa shape index (κ2) is 7.76. The molecule has 0 aromatic heterocycles. The molecule has 3 aliphatic rings. The van der Waals surface area contributed by atoms with Gasteiger partial charge in [-0.2, -0.15) is 4.99 Å². The normalized spacial score (nSPS) is 21.8. The van der Waals surface area contributed by atoms with E-state index in [0.29, 0.717) is 11.5 Å². The molecule has 1 aromatic rings. The number of amidine groups is 1. The minimum atomic E-state index is -0.405. The standard InChI is InChI=1S/C20H20FN3O2S/c21-12-5-4-6-13(11-12)22-17(25)10-9-16-23-19(26)18-14-7-2-1-3-8-15(14)27-20(18)24-16/h4-6,11,18H,1-3,7-10H2,(H,22,25). The first-order chi connectivity index (χ1) is 13.1. The van der Waals surface area contributed by atoms with Gasteiger partial charge in [-0.05, 0) is 54.4 Å². The highest BCUT2D eigenvalue weighted by atomic mass is 32.2. The lowest BCUT2D eigenvalue weighted by Gasteiger charge is -2.16. The Balaban J connectivity index is 1.38. The van der Waals surface area contributed by atoms with Crippen molar-refractivity contribution in [2.75, 3.05) is 5.32 Å². The molecule has 2 amide bonds. The van der Waals surface area contributed by atoms with Gasteiger partial charge in [0.2, 0.25) is 5.91 Å². The average Bonchev–Trinajstić information content (AvgIpc) is 2.82. The first-order valence-corrected chi connectivity index (χ1v) is 10.1. The molecular weight excluding hydrogens is 365 g/mol. The third-order valence-electron chi connectivity index (χ3n) is 4.94. The Bertz CT molecular complexity index is 891. The first-order valence-electron chi connectivity index (χ1n) is 9.25. The van der Waals surface area contributed by atoms with Crippen LogP contribution in [0.3, 0.4) is 0 Å². The minimum absolute atomic E-state index is 0.141. The van der Waals surface area contributed by atoms with Gasteiger partial charge in [-0.25, -0.2) is 9.38 Å².